The predicted molar refractivity (Wildman–Crippen MR) is 156 cm³/mol. The minimum atomic E-state index is -0.772. The molecule has 1 saturated heterocycles. The van der Waals surface area contributed by atoms with Crippen LogP contribution in [0.15, 0.2) is 77.7 Å². The minimum absolute atomic E-state index is 0.0154. The van der Waals surface area contributed by atoms with E-state index in [4.69, 9.17) is 14.2 Å². The van der Waals surface area contributed by atoms with E-state index in [9.17, 15) is 14.4 Å². The quantitative estimate of drug-likeness (QED) is 0.154. The molecule has 0 spiro atoms. The summed E-state index contributed by atoms with van der Waals surface area (Å²) in [5.41, 5.74) is 0.786. The van der Waals surface area contributed by atoms with Gasteiger partial charge >= 0.3 is 11.7 Å². The monoisotopic (exact) mass is 561 g/mol. The van der Waals surface area contributed by atoms with Crippen LogP contribution in [0, 0.1) is 5.41 Å². The van der Waals surface area contributed by atoms with Crippen molar-refractivity contribution in [1.82, 2.24) is 9.55 Å². The van der Waals surface area contributed by atoms with Crippen molar-refractivity contribution in [3.63, 3.8) is 0 Å². The number of Topliss-reactive ketones (excluding diaryl/α,β-unsaturated/α-hetero) is 1. The Morgan fingerprint density at radius 1 is 1.00 bits per heavy atom. The van der Waals surface area contributed by atoms with Crippen LogP contribution in [-0.2, 0) is 25.4 Å². The summed E-state index contributed by atoms with van der Waals surface area (Å²) < 4.78 is 18.2. The number of hydrogen-bond acceptors (Lipinski definition) is 8. The molecule has 0 unspecified atom stereocenters. The van der Waals surface area contributed by atoms with Gasteiger partial charge in [-0.05, 0) is 44.7 Å². The van der Waals surface area contributed by atoms with E-state index in [2.05, 4.69) is 34.6 Å². The number of hydrogen-bond donors (Lipinski definition) is 1. The molecule has 0 aliphatic carbocycles. The first kappa shape index (κ1) is 30.1. The molecule has 1 N–H and O–H groups in total. The molecule has 2 atom stereocenters. The molecule has 2 heterocycles. The molecule has 0 radical (unpaired) electrons. The van der Waals surface area contributed by atoms with Gasteiger partial charge in [-0.1, -0.05) is 79.9 Å². The number of esters is 1. The van der Waals surface area contributed by atoms with Gasteiger partial charge in [0.15, 0.2) is 18.3 Å². The Labute approximate surface area is 240 Å². The number of rotatable bonds is 15. The number of ether oxygens (including phenoxy) is 3. The molecule has 1 fully saturated rings. The highest BCUT2D eigenvalue weighted by molar-refractivity contribution is 5.98. The number of carbonyl (C=O) groups excluding carboxylic acids is 2. The first-order valence-corrected chi connectivity index (χ1v) is 14.2. The van der Waals surface area contributed by atoms with E-state index in [1.54, 1.807) is 30.3 Å². The summed E-state index contributed by atoms with van der Waals surface area (Å²) >= 11 is 0. The van der Waals surface area contributed by atoms with Crippen molar-refractivity contribution >= 4 is 17.6 Å². The van der Waals surface area contributed by atoms with Gasteiger partial charge in [-0.2, -0.15) is 4.98 Å². The zero-order valence-electron chi connectivity index (χ0n) is 23.8. The average molecular weight is 562 g/mol. The maximum absolute atomic E-state index is 12.7. The van der Waals surface area contributed by atoms with Gasteiger partial charge in [-0.25, -0.2) is 4.79 Å². The Balaban J connectivity index is 1.15. The maximum atomic E-state index is 12.7. The molecule has 0 saturated carbocycles. The number of nitrogens with one attached hydrogen (secondary N) is 1. The molecule has 1 aliphatic heterocycles. The lowest BCUT2D eigenvalue weighted by atomic mass is 9.87. The Morgan fingerprint density at radius 2 is 1.71 bits per heavy atom. The van der Waals surface area contributed by atoms with Crippen molar-refractivity contribution in [3.8, 4) is 0 Å². The summed E-state index contributed by atoms with van der Waals surface area (Å²) in [4.78, 5) is 41.6. The maximum Gasteiger partial charge on any atom is 0.351 e. The smallest absolute Gasteiger partial charge is 0.351 e. The third-order valence-electron chi connectivity index (χ3n) is 7.16. The average Bonchev–Trinajstić information content (AvgIpc) is 3.46. The molecular formula is C32H39N3O6. The Morgan fingerprint density at radius 3 is 2.44 bits per heavy atom. The van der Waals surface area contributed by atoms with Crippen molar-refractivity contribution in [3.05, 3.63) is 94.5 Å². The number of aromatic nitrogens is 2. The SMILES string of the molecule is CC(C)(CCCCCCc1ccccc1)C(=O)OC[C@H]1OC[C@@H](n2ccc(NCC(=O)c3ccccc3)nc2=O)O1. The molecule has 218 valence electrons. The molecule has 9 nitrogen and oxygen atoms in total. The summed E-state index contributed by atoms with van der Waals surface area (Å²) in [6, 6.07) is 21.0. The molecule has 1 aromatic heterocycles. The summed E-state index contributed by atoms with van der Waals surface area (Å²) in [5.74, 6) is -0.112. The van der Waals surface area contributed by atoms with Crippen LogP contribution in [0.2, 0.25) is 0 Å². The molecule has 1 aliphatic rings. The number of ketones is 1. The molecule has 3 aromatic rings. The molecule has 0 bridgehead atoms. The van der Waals surface area contributed by atoms with E-state index in [0.29, 0.717) is 11.4 Å². The normalized spacial score (nSPS) is 16.8. The van der Waals surface area contributed by atoms with Gasteiger partial charge in [0.05, 0.1) is 18.6 Å². The molecule has 9 heteroatoms. The third-order valence-corrected chi connectivity index (χ3v) is 7.16. The van der Waals surface area contributed by atoms with Crippen molar-refractivity contribution in [2.75, 3.05) is 25.1 Å². The fourth-order valence-electron chi connectivity index (χ4n) is 4.64. The second kappa shape index (κ2) is 14.7. The first-order valence-electron chi connectivity index (χ1n) is 14.2. The molecule has 4 rings (SSSR count). The Hall–Kier alpha value is -3.82. The van der Waals surface area contributed by atoms with Gasteiger partial charge in [0, 0.05) is 11.8 Å². The highest BCUT2D eigenvalue weighted by atomic mass is 16.7. The van der Waals surface area contributed by atoms with Gasteiger partial charge < -0.3 is 19.5 Å². The largest absolute Gasteiger partial charge is 0.460 e. The van der Waals surface area contributed by atoms with Crippen molar-refractivity contribution in [1.29, 1.82) is 0 Å². The van der Waals surface area contributed by atoms with Crippen LogP contribution in [0.3, 0.4) is 0 Å². The first-order chi connectivity index (χ1) is 19.8. The van der Waals surface area contributed by atoms with E-state index < -0.39 is 23.6 Å². The number of benzene rings is 2. The van der Waals surface area contributed by atoms with Crippen LogP contribution in [-0.4, -0.2) is 47.4 Å². The van der Waals surface area contributed by atoms with Crippen LogP contribution in [0.5, 0.6) is 0 Å². The summed E-state index contributed by atoms with van der Waals surface area (Å²) in [6.07, 6.45) is 6.18. The van der Waals surface area contributed by atoms with Crippen LogP contribution in [0.1, 0.15) is 68.1 Å². The Kier molecular flexibility index (Phi) is 10.8. The molecule has 41 heavy (non-hydrogen) atoms. The predicted octanol–water partition coefficient (Wildman–Crippen LogP) is 5.17. The summed E-state index contributed by atoms with van der Waals surface area (Å²) in [6.45, 7) is 3.87. The summed E-state index contributed by atoms with van der Waals surface area (Å²) in [7, 11) is 0. The lowest BCUT2D eigenvalue weighted by Gasteiger charge is -2.23. The zero-order chi connectivity index (χ0) is 29.1. The number of unbranched alkanes of at least 4 members (excludes halogenated alkanes) is 3. The van der Waals surface area contributed by atoms with Crippen molar-refractivity contribution in [2.45, 2.75) is 64.9 Å². The Bertz CT molecular complexity index is 1330. The van der Waals surface area contributed by atoms with Gasteiger partial charge in [0.25, 0.3) is 0 Å². The second-order valence-corrected chi connectivity index (χ2v) is 10.9. The van der Waals surface area contributed by atoms with Crippen molar-refractivity contribution < 1.29 is 23.8 Å². The van der Waals surface area contributed by atoms with E-state index in [1.165, 1.54) is 16.3 Å². The highest BCUT2D eigenvalue weighted by Gasteiger charge is 2.33. The highest BCUT2D eigenvalue weighted by Crippen LogP contribution is 2.27. The van der Waals surface area contributed by atoms with E-state index in [-0.39, 0.29) is 31.5 Å². The number of anilines is 1. The topological polar surface area (TPSA) is 109 Å². The fourth-order valence-corrected chi connectivity index (χ4v) is 4.64. The van der Waals surface area contributed by atoms with Gasteiger partial charge in [-0.3, -0.25) is 14.2 Å². The van der Waals surface area contributed by atoms with Crippen LogP contribution in [0.25, 0.3) is 0 Å². The van der Waals surface area contributed by atoms with E-state index in [1.807, 2.05) is 26.0 Å². The van der Waals surface area contributed by atoms with Crippen LogP contribution >= 0.6 is 0 Å². The van der Waals surface area contributed by atoms with Gasteiger partial charge in [-0.15, -0.1) is 0 Å². The van der Waals surface area contributed by atoms with Crippen LogP contribution in [0.4, 0.5) is 5.82 Å². The summed E-state index contributed by atoms with van der Waals surface area (Å²) in [5, 5.41) is 2.88. The van der Waals surface area contributed by atoms with Gasteiger partial charge in [0.1, 0.15) is 12.4 Å². The van der Waals surface area contributed by atoms with Gasteiger partial charge in [0.2, 0.25) is 0 Å². The molecule has 0 amide bonds. The standard InChI is InChI=1S/C32H39N3O6/c1-32(2,19-12-4-3-7-13-24-14-8-5-9-15-24)30(37)40-23-29-39-22-28(41-29)35-20-18-27(34-31(35)38)33-21-26(36)25-16-10-6-11-17-25/h5-6,8-11,14-18,20,28-29H,3-4,7,12-13,19,21-23H2,1-2H3,(H,33,34,38)/t28-,29-/m0/s1. The lowest BCUT2D eigenvalue weighted by Crippen LogP contribution is -2.31. The van der Waals surface area contributed by atoms with Crippen molar-refractivity contribution in [2.24, 2.45) is 5.41 Å². The molecule has 2 aromatic carbocycles. The fraction of sp³-hybridized carbons (Fsp3) is 0.438. The third kappa shape index (κ3) is 9.09. The van der Waals surface area contributed by atoms with Crippen LogP contribution < -0.4 is 11.0 Å². The second-order valence-electron chi connectivity index (χ2n) is 10.9. The number of aryl methyl sites for hydroxylation is 1. The zero-order valence-corrected chi connectivity index (χ0v) is 23.8. The minimum Gasteiger partial charge on any atom is -0.460 e. The molecular weight excluding hydrogens is 522 g/mol. The van der Waals surface area contributed by atoms with E-state index in [0.717, 1.165) is 38.5 Å². The lowest BCUT2D eigenvalue weighted by molar-refractivity contribution is -0.168. The van der Waals surface area contributed by atoms with E-state index >= 15 is 0 Å². The number of carbonyl (C=O) groups is 2. The number of nitrogens with zero attached hydrogens (tertiary/aromatic N) is 2.